The minimum Gasteiger partial charge on any atom is -0.360 e. The third-order valence-electron chi connectivity index (χ3n) is 5.03. The Balaban J connectivity index is 1.67. The van der Waals surface area contributed by atoms with Crippen molar-refractivity contribution in [2.24, 2.45) is 4.99 Å². The van der Waals surface area contributed by atoms with Crippen LogP contribution in [-0.2, 0) is 0 Å². The molecule has 3 heterocycles. The van der Waals surface area contributed by atoms with Crippen LogP contribution in [-0.4, -0.2) is 46.5 Å². The average Bonchev–Trinajstić information content (AvgIpc) is 2.29. The van der Waals surface area contributed by atoms with Crippen LogP contribution in [0.3, 0.4) is 0 Å². The number of piperidine rings is 2. The summed E-state index contributed by atoms with van der Waals surface area (Å²) in [6.45, 7) is 4.57. The van der Waals surface area contributed by atoms with Crippen LogP contribution < -0.4 is 5.32 Å². The van der Waals surface area contributed by atoms with Gasteiger partial charge < -0.3 is 10.2 Å². The monoisotopic (exact) mass is 281 g/mol. The number of hydrogen-bond acceptors (Lipinski definition) is 3. The Morgan fingerprint density at radius 3 is 2.58 bits per heavy atom. The van der Waals surface area contributed by atoms with Crippen LogP contribution in [0.4, 0.5) is 0 Å². The first-order chi connectivity index (χ1) is 9.03. The number of rotatable bonds is 1. The average molecular weight is 281 g/mol. The maximum absolute atomic E-state index is 5.05. The second kappa shape index (κ2) is 5.28. The van der Waals surface area contributed by atoms with Crippen LogP contribution in [0.25, 0.3) is 0 Å². The molecule has 3 saturated heterocycles. The van der Waals surface area contributed by atoms with E-state index in [9.17, 15) is 0 Å². The summed E-state index contributed by atoms with van der Waals surface area (Å²) in [6.07, 6.45) is 7.93. The summed E-state index contributed by atoms with van der Waals surface area (Å²) in [4.78, 5) is 7.67. The van der Waals surface area contributed by atoms with Crippen LogP contribution in [0.5, 0.6) is 0 Å². The van der Waals surface area contributed by atoms with Gasteiger partial charge in [-0.05, 0) is 53.0 Å². The molecule has 3 aliphatic heterocycles. The fourth-order valence-electron chi connectivity index (χ4n) is 3.72. The fourth-order valence-corrected chi connectivity index (χ4v) is 5.10. The molecule has 0 aliphatic carbocycles. The van der Waals surface area contributed by atoms with Gasteiger partial charge in [0.1, 0.15) is 0 Å². The SMILES string of the molecule is CN1C2CCCC1CC(N=C1NC(C)(C)CCS1)C2. The zero-order valence-corrected chi connectivity index (χ0v) is 13.3. The molecule has 0 saturated carbocycles. The van der Waals surface area contributed by atoms with E-state index in [1.165, 1.54) is 49.4 Å². The lowest BCUT2D eigenvalue weighted by atomic mass is 9.82. The zero-order valence-electron chi connectivity index (χ0n) is 12.5. The molecule has 0 aromatic carbocycles. The van der Waals surface area contributed by atoms with Gasteiger partial charge in [-0.25, -0.2) is 0 Å². The van der Waals surface area contributed by atoms with Gasteiger partial charge in [0.05, 0.1) is 6.04 Å². The molecule has 4 heteroatoms. The van der Waals surface area contributed by atoms with Crippen LogP contribution >= 0.6 is 11.8 Å². The topological polar surface area (TPSA) is 27.6 Å². The molecule has 3 aliphatic rings. The van der Waals surface area contributed by atoms with E-state index in [0.717, 1.165) is 12.1 Å². The summed E-state index contributed by atoms with van der Waals surface area (Å²) in [5.41, 5.74) is 0.228. The van der Waals surface area contributed by atoms with Gasteiger partial charge in [-0.3, -0.25) is 4.99 Å². The Kier molecular flexibility index (Phi) is 3.82. The van der Waals surface area contributed by atoms with Gasteiger partial charge in [0.15, 0.2) is 5.17 Å². The summed E-state index contributed by atoms with van der Waals surface area (Å²) in [6, 6.07) is 2.11. The second-order valence-corrected chi connectivity index (χ2v) is 8.15. The molecule has 2 bridgehead atoms. The number of nitrogens with zero attached hydrogens (tertiary/aromatic N) is 2. The molecule has 108 valence electrons. The van der Waals surface area contributed by atoms with E-state index < -0.39 is 0 Å². The van der Waals surface area contributed by atoms with Crippen LogP contribution in [0.1, 0.15) is 52.4 Å². The largest absolute Gasteiger partial charge is 0.360 e. The molecule has 0 radical (unpaired) electrons. The number of fused-ring (bicyclic) bond motifs is 2. The molecule has 3 fully saturated rings. The molecule has 0 amide bonds. The lowest BCUT2D eigenvalue weighted by Crippen LogP contribution is -2.51. The molecule has 2 unspecified atom stereocenters. The maximum Gasteiger partial charge on any atom is 0.157 e. The number of amidine groups is 1. The van der Waals surface area contributed by atoms with Crippen molar-refractivity contribution in [1.29, 1.82) is 0 Å². The van der Waals surface area contributed by atoms with Gasteiger partial charge in [0.2, 0.25) is 0 Å². The van der Waals surface area contributed by atoms with Gasteiger partial charge in [0, 0.05) is 23.4 Å². The third kappa shape index (κ3) is 3.10. The van der Waals surface area contributed by atoms with Gasteiger partial charge in [-0.2, -0.15) is 0 Å². The predicted octanol–water partition coefficient (Wildman–Crippen LogP) is 2.86. The van der Waals surface area contributed by atoms with E-state index in [-0.39, 0.29) is 5.54 Å². The Bertz CT molecular complexity index is 352. The van der Waals surface area contributed by atoms with Crippen molar-refractivity contribution >= 4 is 16.9 Å². The van der Waals surface area contributed by atoms with Crippen molar-refractivity contribution in [3.63, 3.8) is 0 Å². The highest BCUT2D eigenvalue weighted by Crippen LogP contribution is 2.34. The minimum absolute atomic E-state index is 0.228. The lowest BCUT2D eigenvalue weighted by molar-refractivity contribution is 0.0574. The molecule has 3 nitrogen and oxygen atoms in total. The number of nitrogens with one attached hydrogen (secondary N) is 1. The molecule has 2 atom stereocenters. The van der Waals surface area contributed by atoms with Gasteiger partial charge >= 0.3 is 0 Å². The van der Waals surface area contributed by atoms with Crippen molar-refractivity contribution in [1.82, 2.24) is 10.2 Å². The van der Waals surface area contributed by atoms with Gasteiger partial charge in [-0.1, -0.05) is 18.2 Å². The van der Waals surface area contributed by atoms with Gasteiger partial charge in [0.25, 0.3) is 0 Å². The second-order valence-electron chi connectivity index (χ2n) is 7.07. The highest BCUT2D eigenvalue weighted by molar-refractivity contribution is 8.13. The summed E-state index contributed by atoms with van der Waals surface area (Å²) in [5, 5.41) is 4.81. The standard InChI is InChI=1S/C15H27N3S/c1-15(2)7-8-19-14(17-15)16-11-9-12-5-4-6-13(10-11)18(12)3/h11-13H,4-10H2,1-3H3,(H,16,17). The van der Waals surface area contributed by atoms with Gasteiger partial charge in [-0.15, -0.1) is 0 Å². The normalized spacial score (nSPS) is 41.0. The van der Waals surface area contributed by atoms with Crippen molar-refractivity contribution in [2.75, 3.05) is 12.8 Å². The van der Waals surface area contributed by atoms with E-state index in [1.54, 1.807) is 0 Å². The number of thioether (sulfide) groups is 1. The minimum atomic E-state index is 0.228. The molecule has 3 rings (SSSR count). The number of aliphatic imine (C=N–C) groups is 1. The maximum atomic E-state index is 5.05. The Hall–Kier alpha value is -0.220. The molecule has 0 aromatic heterocycles. The van der Waals surface area contributed by atoms with E-state index in [2.05, 4.69) is 31.1 Å². The quantitative estimate of drug-likeness (QED) is 0.801. The van der Waals surface area contributed by atoms with Crippen LogP contribution in [0.2, 0.25) is 0 Å². The summed E-state index contributed by atoms with van der Waals surface area (Å²) < 4.78 is 0. The van der Waals surface area contributed by atoms with E-state index in [4.69, 9.17) is 4.99 Å². The van der Waals surface area contributed by atoms with E-state index >= 15 is 0 Å². The van der Waals surface area contributed by atoms with Crippen molar-refractivity contribution < 1.29 is 0 Å². The first-order valence-electron chi connectivity index (χ1n) is 7.74. The molecule has 1 N–H and O–H groups in total. The Morgan fingerprint density at radius 2 is 1.95 bits per heavy atom. The smallest absolute Gasteiger partial charge is 0.157 e. The first kappa shape index (κ1) is 13.7. The molecular weight excluding hydrogens is 254 g/mol. The molecular formula is C15H27N3S. The van der Waals surface area contributed by atoms with Crippen molar-refractivity contribution in [3.05, 3.63) is 0 Å². The molecule has 0 aromatic rings. The highest BCUT2D eigenvalue weighted by atomic mass is 32.2. The predicted molar refractivity (Wildman–Crippen MR) is 83.9 cm³/mol. The van der Waals surface area contributed by atoms with E-state index in [1.807, 2.05) is 11.8 Å². The Labute approximate surface area is 121 Å². The summed E-state index contributed by atoms with van der Waals surface area (Å²) >= 11 is 1.91. The van der Waals surface area contributed by atoms with Crippen molar-refractivity contribution in [3.8, 4) is 0 Å². The zero-order chi connectivity index (χ0) is 13.5. The molecule has 0 spiro atoms. The first-order valence-corrected chi connectivity index (χ1v) is 8.73. The van der Waals surface area contributed by atoms with Crippen LogP contribution in [0.15, 0.2) is 4.99 Å². The number of hydrogen-bond donors (Lipinski definition) is 1. The highest BCUT2D eigenvalue weighted by Gasteiger charge is 2.36. The molecule has 19 heavy (non-hydrogen) atoms. The summed E-state index contributed by atoms with van der Waals surface area (Å²) in [5.74, 6) is 1.21. The van der Waals surface area contributed by atoms with Crippen LogP contribution in [0, 0.1) is 0 Å². The third-order valence-corrected chi connectivity index (χ3v) is 5.92. The lowest BCUT2D eigenvalue weighted by Gasteiger charge is -2.46. The van der Waals surface area contributed by atoms with Crippen molar-refractivity contribution in [2.45, 2.75) is 76.0 Å². The summed E-state index contributed by atoms with van der Waals surface area (Å²) in [7, 11) is 2.31. The Morgan fingerprint density at radius 1 is 1.26 bits per heavy atom. The fraction of sp³-hybridized carbons (Fsp3) is 0.933. The van der Waals surface area contributed by atoms with E-state index in [0.29, 0.717) is 6.04 Å².